The van der Waals surface area contributed by atoms with Crippen molar-refractivity contribution >= 4 is 23.2 Å². The van der Waals surface area contributed by atoms with Crippen molar-refractivity contribution in [2.75, 3.05) is 38.0 Å². The monoisotopic (exact) mass is 453 g/mol. The average Bonchev–Trinajstić information content (AvgIpc) is 2.78. The third-order valence-electron chi connectivity index (χ3n) is 6.11. The molecular weight excluding hydrogens is 414 g/mol. The molecule has 33 heavy (non-hydrogen) atoms. The molecule has 0 aliphatic carbocycles. The second-order valence-electron chi connectivity index (χ2n) is 9.04. The van der Waals surface area contributed by atoms with Crippen molar-refractivity contribution in [3.8, 4) is 0 Å². The summed E-state index contributed by atoms with van der Waals surface area (Å²) in [4.78, 5) is 30.0. The Hall–Kier alpha value is -2.86. The molecule has 0 aliphatic heterocycles. The number of hydrogen-bond acceptors (Lipinski definition) is 4. The molecule has 0 saturated heterocycles. The van der Waals surface area contributed by atoms with Crippen LogP contribution < -0.4 is 10.2 Å². The number of carbonyl (C=O) groups excluding carboxylic acids is 2. The minimum Gasteiger partial charge on any atom is -0.377 e. The van der Waals surface area contributed by atoms with Crippen molar-refractivity contribution in [1.29, 1.82) is 0 Å². The van der Waals surface area contributed by atoms with Crippen LogP contribution in [0.5, 0.6) is 0 Å². The molecule has 0 heterocycles. The molecule has 0 radical (unpaired) electrons. The van der Waals surface area contributed by atoms with Crippen LogP contribution in [0.1, 0.15) is 51.2 Å². The van der Waals surface area contributed by atoms with Crippen molar-refractivity contribution in [2.45, 2.75) is 52.6 Å². The first-order chi connectivity index (χ1) is 15.7. The van der Waals surface area contributed by atoms with Crippen LogP contribution in [0.15, 0.2) is 48.5 Å². The lowest BCUT2D eigenvalue weighted by molar-refractivity contribution is -0.136. The normalized spacial score (nSPS) is 12.8. The van der Waals surface area contributed by atoms with Crippen molar-refractivity contribution in [3.63, 3.8) is 0 Å². The number of carbonyl (C=O) groups is 2. The zero-order valence-corrected chi connectivity index (χ0v) is 21.1. The minimum absolute atomic E-state index is 0.00495. The van der Waals surface area contributed by atoms with E-state index in [1.807, 2.05) is 72.4 Å². The lowest BCUT2D eigenvalue weighted by Crippen LogP contribution is -2.43. The molecule has 2 amide bonds. The number of hydrogen-bond donors (Lipinski definition) is 1. The Balaban J connectivity index is 2.44. The number of nitrogens with one attached hydrogen (secondary N) is 1. The molecule has 0 aromatic heterocycles. The molecule has 6 heteroatoms. The molecule has 1 N–H and O–H groups in total. The number of nitrogens with zero attached hydrogens (tertiary/aromatic N) is 2. The smallest absolute Gasteiger partial charge is 0.250 e. The summed E-state index contributed by atoms with van der Waals surface area (Å²) in [5.74, 6) is 0.0255. The highest BCUT2D eigenvalue weighted by molar-refractivity contribution is 5.92. The van der Waals surface area contributed by atoms with Gasteiger partial charge in [0.2, 0.25) is 11.8 Å². The zero-order valence-electron chi connectivity index (χ0n) is 21.1. The summed E-state index contributed by atoms with van der Waals surface area (Å²) >= 11 is 0. The van der Waals surface area contributed by atoms with E-state index in [0.717, 1.165) is 23.2 Å². The van der Waals surface area contributed by atoms with Crippen LogP contribution >= 0.6 is 0 Å². The summed E-state index contributed by atoms with van der Waals surface area (Å²) in [5.41, 5.74) is 3.73. The van der Waals surface area contributed by atoms with E-state index in [2.05, 4.69) is 33.0 Å². The molecule has 2 aromatic carbocycles. The Labute approximate surface area is 198 Å². The minimum atomic E-state index is -0.209. The summed E-state index contributed by atoms with van der Waals surface area (Å²) in [7, 11) is 5.46. The first kappa shape index (κ1) is 26.4. The summed E-state index contributed by atoms with van der Waals surface area (Å²) in [6, 6.07) is 15.9. The molecule has 6 nitrogen and oxygen atoms in total. The molecule has 0 saturated carbocycles. The largest absolute Gasteiger partial charge is 0.377 e. The van der Waals surface area contributed by atoms with E-state index in [-0.39, 0.29) is 30.4 Å². The number of anilines is 2. The molecule has 0 aliphatic rings. The van der Waals surface area contributed by atoms with Crippen LogP contribution in [0.3, 0.4) is 0 Å². The van der Waals surface area contributed by atoms with Gasteiger partial charge in [0.25, 0.3) is 0 Å². The van der Waals surface area contributed by atoms with Gasteiger partial charge in [0.1, 0.15) is 6.61 Å². The maximum absolute atomic E-state index is 13.9. The quantitative estimate of drug-likeness (QED) is 0.525. The highest BCUT2D eigenvalue weighted by atomic mass is 16.5. The maximum Gasteiger partial charge on any atom is 0.250 e. The van der Waals surface area contributed by atoms with Gasteiger partial charge in [-0.05, 0) is 48.6 Å². The second-order valence-corrected chi connectivity index (χ2v) is 9.04. The van der Waals surface area contributed by atoms with Crippen molar-refractivity contribution < 1.29 is 14.3 Å². The Kier molecular flexibility index (Phi) is 9.92. The van der Waals surface area contributed by atoms with Gasteiger partial charge in [-0.25, -0.2) is 0 Å². The number of ether oxygens (including phenoxy) is 1. The molecule has 0 bridgehead atoms. The Morgan fingerprint density at radius 2 is 1.70 bits per heavy atom. The first-order valence-corrected chi connectivity index (χ1v) is 11.6. The fraction of sp³-hybridized carbons (Fsp3) is 0.481. The van der Waals surface area contributed by atoms with Crippen LogP contribution in [0.2, 0.25) is 0 Å². The van der Waals surface area contributed by atoms with Crippen LogP contribution in [0.4, 0.5) is 11.4 Å². The zero-order chi connectivity index (χ0) is 24.5. The molecule has 0 spiro atoms. The van der Waals surface area contributed by atoms with Crippen molar-refractivity contribution in [2.24, 2.45) is 5.92 Å². The Bertz CT molecular complexity index is 912. The summed E-state index contributed by atoms with van der Waals surface area (Å²) in [6.45, 7) is 8.91. The van der Waals surface area contributed by atoms with E-state index in [0.29, 0.717) is 18.2 Å². The van der Waals surface area contributed by atoms with Gasteiger partial charge in [-0.15, -0.1) is 0 Å². The SMILES string of the molecule is CCC(C(=O)N(Cc1cc(NC(=O)COC)ccc1N(C)C)C(C)C(C)C)c1ccccc1. The van der Waals surface area contributed by atoms with Crippen LogP contribution in [0.25, 0.3) is 0 Å². The van der Waals surface area contributed by atoms with Gasteiger partial charge in [-0.3, -0.25) is 9.59 Å². The van der Waals surface area contributed by atoms with Gasteiger partial charge < -0.3 is 19.9 Å². The maximum atomic E-state index is 13.9. The van der Waals surface area contributed by atoms with Gasteiger partial charge in [-0.2, -0.15) is 0 Å². The first-order valence-electron chi connectivity index (χ1n) is 11.6. The number of benzene rings is 2. The van der Waals surface area contributed by atoms with Gasteiger partial charge in [0, 0.05) is 45.2 Å². The predicted octanol–water partition coefficient (Wildman–Crippen LogP) is 4.90. The molecule has 2 rings (SSSR count). The fourth-order valence-corrected chi connectivity index (χ4v) is 3.96. The fourth-order valence-electron chi connectivity index (χ4n) is 3.96. The van der Waals surface area contributed by atoms with Crippen LogP contribution in [-0.2, 0) is 20.9 Å². The van der Waals surface area contributed by atoms with Crippen molar-refractivity contribution in [1.82, 2.24) is 4.90 Å². The van der Waals surface area contributed by atoms with Crippen molar-refractivity contribution in [3.05, 3.63) is 59.7 Å². The van der Waals surface area contributed by atoms with E-state index in [1.54, 1.807) is 0 Å². The molecule has 180 valence electrons. The molecular formula is C27H39N3O3. The second kappa shape index (κ2) is 12.4. The lowest BCUT2D eigenvalue weighted by Gasteiger charge is -2.36. The molecule has 2 aromatic rings. The average molecular weight is 454 g/mol. The Morgan fingerprint density at radius 1 is 1.03 bits per heavy atom. The summed E-state index contributed by atoms with van der Waals surface area (Å²) in [5, 5.41) is 2.88. The van der Waals surface area contributed by atoms with Crippen LogP contribution in [-0.4, -0.2) is 50.6 Å². The third kappa shape index (κ3) is 7.06. The van der Waals surface area contributed by atoms with Gasteiger partial charge in [0.05, 0.1) is 5.92 Å². The Morgan fingerprint density at radius 3 is 2.24 bits per heavy atom. The third-order valence-corrected chi connectivity index (χ3v) is 6.11. The number of methoxy groups -OCH3 is 1. The predicted molar refractivity (Wildman–Crippen MR) is 136 cm³/mol. The van der Waals surface area contributed by atoms with Gasteiger partial charge in [-0.1, -0.05) is 51.1 Å². The lowest BCUT2D eigenvalue weighted by atomic mass is 9.92. The molecule has 0 fully saturated rings. The van der Waals surface area contributed by atoms with E-state index in [4.69, 9.17) is 4.74 Å². The van der Waals surface area contributed by atoms with Gasteiger partial charge in [0.15, 0.2) is 0 Å². The van der Waals surface area contributed by atoms with E-state index < -0.39 is 0 Å². The van der Waals surface area contributed by atoms with Gasteiger partial charge >= 0.3 is 0 Å². The number of rotatable bonds is 11. The van der Waals surface area contributed by atoms with E-state index in [1.165, 1.54) is 7.11 Å². The summed E-state index contributed by atoms with van der Waals surface area (Å²) < 4.78 is 4.93. The standard InChI is InChI=1S/C27H39N3O3/c1-8-24(21-12-10-9-11-13-21)27(32)30(20(4)19(2)3)17-22-16-23(28-26(31)18-33-7)14-15-25(22)29(5)6/h9-16,19-20,24H,8,17-18H2,1-7H3,(H,28,31). The highest BCUT2D eigenvalue weighted by Gasteiger charge is 2.30. The molecule has 2 unspecified atom stereocenters. The summed E-state index contributed by atoms with van der Waals surface area (Å²) in [6.07, 6.45) is 0.734. The number of amides is 2. The van der Waals surface area contributed by atoms with Crippen LogP contribution in [0, 0.1) is 5.92 Å². The van der Waals surface area contributed by atoms with E-state index >= 15 is 0 Å². The highest BCUT2D eigenvalue weighted by Crippen LogP contribution is 2.30. The molecule has 2 atom stereocenters. The van der Waals surface area contributed by atoms with E-state index in [9.17, 15) is 9.59 Å². The topological polar surface area (TPSA) is 61.9 Å².